The van der Waals surface area contributed by atoms with Crippen LogP contribution in [0.5, 0.6) is 0 Å². The van der Waals surface area contributed by atoms with E-state index < -0.39 is 5.97 Å². The SMILES string of the molecule is C/C(=C\C(C)CN)C(=O)O.Cl. The number of halogens is 1. The van der Waals surface area contributed by atoms with Crippen LogP contribution in [-0.2, 0) is 4.79 Å². The highest BCUT2D eigenvalue weighted by molar-refractivity contribution is 5.85. The van der Waals surface area contributed by atoms with Crippen LogP contribution in [0.4, 0.5) is 0 Å². The second-order valence-corrected chi connectivity index (χ2v) is 2.37. The topological polar surface area (TPSA) is 63.3 Å². The van der Waals surface area contributed by atoms with Crippen molar-refractivity contribution >= 4 is 18.4 Å². The molecule has 0 aromatic rings. The van der Waals surface area contributed by atoms with Crippen molar-refractivity contribution in [3.05, 3.63) is 11.6 Å². The van der Waals surface area contributed by atoms with E-state index in [9.17, 15) is 4.79 Å². The van der Waals surface area contributed by atoms with Crippen LogP contribution >= 0.6 is 12.4 Å². The Bertz CT molecular complexity index is 157. The van der Waals surface area contributed by atoms with Gasteiger partial charge < -0.3 is 10.8 Å². The van der Waals surface area contributed by atoms with E-state index in [1.165, 1.54) is 0 Å². The maximum atomic E-state index is 10.2. The Labute approximate surface area is 72.7 Å². The van der Waals surface area contributed by atoms with E-state index in [1.54, 1.807) is 13.0 Å². The van der Waals surface area contributed by atoms with Gasteiger partial charge in [-0.2, -0.15) is 0 Å². The smallest absolute Gasteiger partial charge is 0.330 e. The number of hydrogen-bond donors (Lipinski definition) is 2. The van der Waals surface area contributed by atoms with E-state index in [4.69, 9.17) is 10.8 Å². The van der Waals surface area contributed by atoms with E-state index in [2.05, 4.69) is 0 Å². The molecule has 0 aliphatic rings. The number of carboxylic acids is 1. The van der Waals surface area contributed by atoms with Gasteiger partial charge in [0.15, 0.2) is 0 Å². The fraction of sp³-hybridized carbons (Fsp3) is 0.571. The van der Waals surface area contributed by atoms with Crippen LogP contribution in [0.1, 0.15) is 13.8 Å². The number of hydrogen-bond acceptors (Lipinski definition) is 2. The molecule has 0 rings (SSSR count). The Hall–Kier alpha value is -0.540. The molecular formula is C7H14ClNO2. The van der Waals surface area contributed by atoms with E-state index in [-0.39, 0.29) is 18.3 Å². The lowest BCUT2D eigenvalue weighted by Gasteiger charge is -2.00. The minimum atomic E-state index is -0.875. The van der Waals surface area contributed by atoms with Crippen molar-refractivity contribution in [1.82, 2.24) is 0 Å². The van der Waals surface area contributed by atoms with Gasteiger partial charge in [0.25, 0.3) is 0 Å². The molecule has 1 unspecified atom stereocenters. The minimum absolute atomic E-state index is 0. The average Bonchev–Trinajstić information content (AvgIpc) is 1.87. The number of rotatable bonds is 3. The van der Waals surface area contributed by atoms with Crippen LogP contribution in [0, 0.1) is 5.92 Å². The third kappa shape index (κ3) is 5.88. The fourth-order valence-corrected chi connectivity index (χ4v) is 0.566. The summed E-state index contributed by atoms with van der Waals surface area (Å²) in [4.78, 5) is 10.2. The molecule has 1 atom stereocenters. The zero-order valence-electron chi connectivity index (χ0n) is 6.70. The molecule has 0 aromatic carbocycles. The van der Waals surface area contributed by atoms with Crippen molar-refractivity contribution in [1.29, 1.82) is 0 Å². The molecule has 11 heavy (non-hydrogen) atoms. The van der Waals surface area contributed by atoms with Crippen LogP contribution in [0.3, 0.4) is 0 Å². The van der Waals surface area contributed by atoms with Crippen molar-refractivity contribution in [3.8, 4) is 0 Å². The second kappa shape index (κ2) is 6.19. The largest absolute Gasteiger partial charge is 0.478 e. The first-order valence-corrected chi connectivity index (χ1v) is 3.19. The molecule has 0 radical (unpaired) electrons. The van der Waals surface area contributed by atoms with Crippen molar-refractivity contribution in [3.63, 3.8) is 0 Å². The van der Waals surface area contributed by atoms with Crippen molar-refractivity contribution in [2.24, 2.45) is 11.7 Å². The molecule has 0 saturated heterocycles. The molecule has 0 saturated carbocycles. The lowest BCUT2D eigenvalue weighted by molar-refractivity contribution is -0.132. The Morgan fingerprint density at radius 2 is 2.18 bits per heavy atom. The summed E-state index contributed by atoms with van der Waals surface area (Å²) in [5.74, 6) is -0.726. The number of nitrogens with two attached hydrogens (primary N) is 1. The highest BCUT2D eigenvalue weighted by atomic mass is 35.5. The number of carboxylic acid groups (broad SMARTS) is 1. The van der Waals surface area contributed by atoms with E-state index in [0.717, 1.165) is 0 Å². The molecule has 0 heterocycles. The molecule has 0 aliphatic carbocycles. The second-order valence-electron chi connectivity index (χ2n) is 2.37. The summed E-state index contributed by atoms with van der Waals surface area (Å²) in [5.41, 5.74) is 5.64. The highest BCUT2D eigenvalue weighted by Gasteiger charge is 2.01. The zero-order chi connectivity index (χ0) is 8.15. The Morgan fingerprint density at radius 1 is 1.73 bits per heavy atom. The average molecular weight is 180 g/mol. The van der Waals surface area contributed by atoms with E-state index >= 15 is 0 Å². The summed E-state index contributed by atoms with van der Waals surface area (Å²) in [7, 11) is 0. The molecule has 0 bridgehead atoms. The predicted octanol–water partition coefficient (Wildman–Crippen LogP) is 1.03. The standard InChI is InChI=1S/C7H13NO2.ClH/c1-5(4-8)3-6(2)7(9)10;/h3,5H,4,8H2,1-2H3,(H,9,10);1H/b6-3+;. The van der Waals surface area contributed by atoms with Crippen molar-refractivity contribution in [2.75, 3.05) is 6.54 Å². The van der Waals surface area contributed by atoms with Crippen LogP contribution in [0.15, 0.2) is 11.6 Å². The molecule has 0 fully saturated rings. The summed E-state index contributed by atoms with van der Waals surface area (Å²) in [5, 5.41) is 8.42. The van der Waals surface area contributed by atoms with Gasteiger partial charge in [-0.3, -0.25) is 0 Å². The first kappa shape index (κ1) is 13.1. The van der Waals surface area contributed by atoms with Crippen LogP contribution in [0.2, 0.25) is 0 Å². The first-order valence-electron chi connectivity index (χ1n) is 3.19. The lowest BCUT2D eigenvalue weighted by atomic mass is 10.1. The first-order chi connectivity index (χ1) is 4.57. The third-order valence-corrected chi connectivity index (χ3v) is 1.24. The predicted molar refractivity (Wildman–Crippen MR) is 46.9 cm³/mol. The summed E-state index contributed by atoms with van der Waals surface area (Å²) < 4.78 is 0. The molecule has 4 heteroatoms. The summed E-state index contributed by atoms with van der Waals surface area (Å²) in [6.45, 7) is 3.94. The Morgan fingerprint density at radius 3 is 2.45 bits per heavy atom. The van der Waals surface area contributed by atoms with E-state index in [1.807, 2.05) is 6.92 Å². The van der Waals surface area contributed by atoms with Gasteiger partial charge in [-0.1, -0.05) is 13.0 Å². The lowest BCUT2D eigenvalue weighted by Crippen LogP contribution is -2.09. The zero-order valence-corrected chi connectivity index (χ0v) is 7.52. The number of aliphatic carboxylic acids is 1. The molecule has 0 aromatic heterocycles. The fourth-order valence-electron chi connectivity index (χ4n) is 0.566. The van der Waals surface area contributed by atoms with E-state index in [0.29, 0.717) is 12.1 Å². The molecule has 3 N–H and O–H groups in total. The van der Waals surface area contributed by atoms with Crippen LogP contribution < -0.4 is 5.73 Å². The van der Waals surface area contributed by atoms with Crippen LogP contribution in [-0.4, -0.2) is 17.6 Å². The minimum Gasteiger partial charge on any atom is -0.478 e. The molecular weight excluding hydrogens is 166 g/mol. The third-order valence-electron chi connectivity index (χ3n) is 1.24. The van der Waals surface area contributed by atoms with Gasteiger partial charge >= 0.3 is 5.97 Å². The van der Waals surface area contributed by atoms with Gasteiger partial charge in [0.2, 0.25) is 0 Å². The maximum absolute atomic E-state index is 10.2. The van der Waals surface area contributed by atoms with Gasteiger partial charge in [-0.15, -0.1) is 12.4 Å². The molecule has 0 aliphatic heterocycles. The summed E-state index contributed by atoms with van der Waals surface area (Å²) in [6, 6.07) is 0. The highest BCUT2D eigenvalue weighted by Crippen LogP contribution is 2.00. The molecule has 3 nitrogen and oxygen atoms in total. The maximum Gasteiger partial charge on any atom is 0.330 e. The summed E-state index contributed by atoms with van der Waals surface area (Å²) in [6.07, 6.45) is 1.66. The van der Waals surface area contributed by atoms with Gasteiger partial charge in [0, 0.05) is 5.57 Å². The summed E-state index contributed by atoms with van der Waals surface area (Å²) >= 11 is 0. The molecule has 0 spiro atoms. The van der Waals surface area contributed by atoms with Gasteiger partial charge in [-0.25, -0.2) is 4.79 Å². The van der Waals surface area contributed by atoms with Gasteiger partial charge in [0.1, 0.15) is 0 Å². The van der Waals surface area contributed by atoms with Gasteiger partial charge in [0.05, 0.1) is 0 Å². The molecule has 0 amide bonds. The van der Waals surface area contributed by atoms with Crippen molar-refractivity contribution in [2.45, 2.75) is 13.8 Å². The van der Waals surface area contributed by atoms with Crippen molar-refractivity contribution < 1.29 is 9.90 Å². The van der Waals surface area contributed by atoms with Gasteiger partial charge in [-0.05, 0) is 19.4 Å². The Kier molecular flexibility index (Phi) is 7.36. The Balaban J connectivity index is 0. The van der Waals surface area contributed by atoms with Crippen LogP contribution in [0.25, 0.3) is 0 Å². The normalized spacial score (nSPS) is 13.5. The quantitative estimate of drug-likeness (QED) is 0.637. The number of carbonyl (C=O) groups is 1. The molecule has 66 valence electrons. The monoisotopic (exact) mass is 179 g/mol.